The van der Waals surface area contributed by atoms with Crippen molar-refractivity contribution in [2.45, 2.75) is 38.9 Å². The molecule has 3 heteroatoms. The van der Waals surface area contributed by atoms with Crippen molar-refractivity contribution in [3.63, 3.8) is 0 Å². The molecule has 1 heterocycles. The molecule has 0 aromatic rings. The average molecular weight is 187 g/mol. The Morgan fingerprint density at radius 2 is 2.00 bits per heavy atom. The largest absolute Gasteiger partial charge is 0.381 e. The molecule has 1 unspecified atom stereocenters. The van der Waals surface area contributed by atoms with Crippen molar-refractivity contribution in [1.29, 1.82) is 0 Å². The standard InChI is InChI=1S/C10H21NO2/c1-8(2)13-10(7-11)9-3-5-12-6-4-9/h8-10H,3-7,11H2,1-2H3. The lowest BCUT2D eigenvalue weighted by Gasteiger charge is -2.30. The fraction of sp³-hybridized carbons (Fsp3) is 1.00. The third kappa shape index (κ3) is 3.63. The molecule has 1 saturated heterocycles. The molecule has 3 nitrogen and oxygen atoms in total. The molecule has 2 N–H and O–H groups in total. The Bertz CT molecular complexity index is 133. The topological polar surface area (TPSA) is 44.5 Å². The molecule has 0 spiro atoms. The van der Waals surface area contributed by atoms with Gasteiger partial charge in [0.2, 0.25) is 0 Å². The first-order valence-corrected chi connectivity index (χ1v) is 5.17. The molecule has 1 aliphatic heterocycles. The Hall–Kier alpha value is -0.120. The molecule has 0 aromatic heterocycles. The van der Waals surface area contributed by atoms with Gasteiger partial charge in [0.05, 0.1) is 12.2 Å². The minimum Gasteiger partial charge on any atom is -0.381 e. The predicted octanol–water partition coefficient (Wildman–Crippen LogP) is 1.17. The van der Waals surface area contributed by atoms with Gasteiger partial charge in [-0.15, -0.1) is 0 Å². The van der Waals surface area contributed by atoms with Gasteiger partial charge in [-0.25, -0.2) is 0 Å². The minimum absolute atomic E-state index is 0.226. The van der Waals surface area contributed by atoms with E-state index in [1.165, 1.54) is 0 Å². The zero-order valence-electron chi connectivity index (χ0n) is 8.66. The molecule has 1 atom stereocenters. The maximum atomic E-state index is 5.76. The summed E-state index contributed by atoms with van der Waals surface area (Å²) in [5.41, 5.74) is 5.69. The molecule has 13 heavy (non-hydrogen) atoms. The van der Waals surface area contributed by atoms with Crippen LogP contribution in [-0.4, -0.2) is 32.0 Å². The summed E-state index contributed by atoms with van der Waals surface area (Å²) in [4.78, 5) is 0. The second-order valence-electron chi connectivity index (χ2n) is 3.91. The van der Waals surface area contributed by atoms with E-state index in [0.717, 1.165) is 26.1 Å². The van der Waals surface area contributed by atoms with Crippen molar-refractivity contribution in [2.24, 2.45) is 11.7 Å². The monoisotopic (exact) mass is 187 g/mol. The van der Waals surface area contributed by atoms with Gasteiger partial charge in [0.15, 0.2) is 0 Å². The highest BCUT2D eigenvalue weighted by Gasteiger charge is 2.24. The molecular weight excluding hydrogens is 166 g/mol. The lowest BCUT2D eigenvalue weighted by molar-refractivity contribution is -0.0537. The summed E-state index contributed by atoms with van der Waals surface area (Å²) in [6, 6.07) is 0. The first-order valence-electron chi connectivity index (χ1n) is 5.17. The van der Waals surface area contributed by atoms with E-state index < -0.39 is 0 Å². The predicted molar refractivity (Wildman–Crippen MR) is 52.6 cm³/mol. The SMILES string of the molecule is CC(C)OC(CN)C1CCOCC1. The quantitative estimate of drug-likeness (QED) is 0.718. The fourth-order valence-electron chi connectivity index (χ4n) is 1.80. The van der Waals surface area contributed by atoms with E-state index >= 15 is 0 Å². The Morgan fingerprint density at radius 3 is 2.46 bits per heavy atom. The first kappa shape index (κ1) is 11.0. The van der Waals surface area contributed by atoms with Crippen LogP contribution in [0.25, 0.3) is 0 Å². The minimum atomic E-state index is 0.226. The first-order chi connectivity index (χ1) is 6.24. The third-order valence-electron chi connectivity index (χ3n) is 2.47. The Morgan fingerprint density at radius 1 is 1.38 bits per heavy atom. The molecule has 0 aromatic carbocycles. The number of nitrogens with two attached hydrogens (primary N) is 1. The summed E-state index contributed by atoms with van der Waals surface area (Å²) in [6.45, 7) is 6.47. The summed E-state index contributed by atoms with van der Waals surface area (Å²) >= 11 is 0. The van der Waals surface area contributed by atoms with Gasteiger partial charge in [0.25, 0.3) is 0 Å². The van der Waals surface area contributed by atoms with Crippen LogP contribution in [0.3, 0.4) is 0 Å². The van der Waals surface area contributed by atoms with Gasteiger partial charge in [-0.2, -0.15) is 0 Å². The summed E-state index contributed by atoms with van der Waals surface area (Å²) in [5, 5.41) is 0. The van der Waals surface area contributed by atoms with E-state index in [4.69, 9.17) is 15.2 Å². The van der Waals surface area contributed by atoms with Gasteiger partial charge < -0.3 is 15.2 Å². The van der Waals surface area contributed by atoms with Crippen molar-refractivity contribution < 1.29 is 9.47 Å². The van der Waals surface area contributed by atoms with Crippen LogP contribution in [0.1, 0.15) is 26.7 Å². The van der Waals surface area contributed by atoms with Gasteiger partial charge in [-0.3, -0.25) is 0 Å². The highest BCUT2D eigenvalue weighted by atomic mass is 16.5. The molecule has 1 aliphatic rings. The van der Waals surface area contributed by atoms with Gasteiger partial charge in [-0.05, 0) is 32.6 Å². The smallest absolute Gasteiger partial charge is 0.0730 e. The van der Waals surface area contributed by atoms with Crippen LogP contribution >= 0.6 is 0 Å². The van der Waals surface area contributed by atoms with E-state index in [2.05, 4.69) is 13.8 Å². The number of ether oxygens (including phenoxy) is 2. The van der Waals surface area contributed by atoms with Gasteiger partial charge >= 0.3 is 0 Å². The highest BCUT2D eigenvalue weighted by Crippen LogP contribution is 2.21. The molecule has 0 radical (unpaired) electrons. The molecule has 0 amide bonds. The Balaban J connectivity index is 2.34. The maximum Gasteiger partial charge on any atom is 0.0730 e. The van der Waals surface area contributed by atoms with E-state index in [-0.39, 0.29) is 12.2 Å². The van der Waals surface area contributed by atoms with E-state index in [9.17, 15) is 0 Å². The molecular formula is C10H21NO2. The van der Waals surface area contributed by atoms with Crippen LogP contribution in [0, 0.1) is 5.92 Å². The van der Waals surface area contributed by atoms with Crippen LogP contribution in [0.4, 0.5) is 0 Å². The molecule has 0 saturated carbocycles. The van der Waals surface area contributed by atoms with Crippen LogP contribution in [-0.2, 0) is 9.47 Å². The van der Waals surface area contributed by atoms with Gasteiger partial charge in [0, 0.05) is 19.8 Å². The lowest BCUT2D eigenvalue weighted by atomic mass is 9.94. The summed E-state index contributed by atoms with van der Waals surface area (Å²) in [7, 11) is 0. The number of hydrogen-bond donors (Lipinski definition) is 1. The molecule has 1 rings (SSSR count). The van der Waals surface area contributed by atoms with Crippen molar-refractivity contribution in [3.05, 3.63) is 0 Å². The molecule has 1 fully saturated rings. The summed E-state index contributed by atoms with van der Waals surface area (Å²) in [5.74, 6) is 0.598. The molecule has 78 valence electrons. The normalized spacial score (nSPS) is 22.2. The number of rotatable bonds is 4. The van der Waals surface area contributed by atoms with E-state index in [1.54, 1.807) is 0 Å². The maximum absolute atomic E-state index is 5.76. The second-order valence-corrected chi connectivity index (χ2v) is 3.91. The molecule has 0 aliphatic carbocycles. The van der Waals surface area contributed by atoms with Gasteiger partial charge in [-0.1, -0.05) is 0 Å². The summed E-state index contributed by atoms with van der Waals surface area (Å²) < 4.78 is 11.1. The molecule has 0 bridgehead atoms. The van der Waals surface area contributed by atoms with Crippen LogP contribution in [0.5, 0.6) is 0 Å². The van der Waals surface area contributed by atoms with Crippen LogP contribution in [0.15, 0.2) is 0 Å². The van der Waals surface area contributed by atoms with E-state index in [0.29, 0.717) is 12.5 Å². The second kappa shape index (κ2) is 5.58. The Kier molecular flexibility index (Phi) is 4.70. The van der Waals surface area contributed by atoms with Gasteiger partial charge in [0.1, 0.15) is 0 Å². The van der Waals surface area contributed by atoms with Crippen molar-refractivity contribution in [1.82, 2.24) is 0 Å². The highest BCUT2D eigenvalue weighted by molar-refractivity contribution is 4.74. The van der Waals surface area contributed by atoms with Crippen molar-refractivity contribution >= 4 is 0 Å². The lowest BCUT2D eigenvalue weighted by Crippen LogP contribution is -2.37. The Labute approximate surface area is 80.6 Å². The third-order valence-corrected chi connectivity index (χ3v) is 2.47. The zero-order chi connectivity index (χ0) is 9.68. The van der Waals surface area contributed by atoms with Crippen molar-refractivity contribution in [2.75, 3.05) is 19.8 Å². The number of hydrogen-bond acceptors (Lipinski definition) is 3. The van der Waals surface area contributed by atoms with E-state index in [1.807, 2.05) is 0 Å². The zero-order valence-corrected chi connectivity index (χ0v) is 8.66. The fourth-order valence-corrected chi connectivity index (χ4v) is 1.80. The van der Waals surface area contributed by atoms with Crippen molar-refractivity contribution in [3.8, 4) is 0 Å². The average Bonchev–Trinajstić information content (AvgIpc) is 2.15. The summed E-state index contributed by atoms with van der Waals surface area (Å²) in [6.07, 6.45) is 2.68. The van der Waals surface area contributed by atoms with Crippen LogP contribution in [0.2, 0.25) is 0 Å². The van der Waals surface area contributed by atoms with Crippen LogP contribution < -0.4 is 5.73 Å².